The summed E-state index contributed by atoms with van der Waals surface area (Å²) in [7, 11) is 0. The lowest BCUT2D eigenvalue weighted by atomic mass is 9.86. The van der Waals surface area contributed by atoms with Gasteiger partial charge in [0.2, 0.25) is 0 Å². The fraction of sp³-hybridized carbons (Fsp3) is 0. The van der Waals surface area contributed by atoms with Gasteiger partial charge in [0.25, 0.3) is 0 Å². The number of furan rings is 2. The van der Waals surface area contributed by atoms with Crippen LogP contribution >= 0.6 is 0 Å². The van der Waals surface area contributed by atoms with Gasteiger partial charge in [-0.3, -0.25) is 0 Å². The van der Waals surface area contributed by atoms with Crippen molar-refractivity contribution in [2.45, 2.75) is 0 Å². The van der Waals surface area contributed by atoms with Crippen molar-refractivity contribution in [1.82, 2.24) is 0 Å². The van der Waals surface area contributed by atoms with Gasteiger partial charge in [0, 0.05) is 32.3 Å². The van der Waals surface area contributed by atoms with Crippen molar-refractivity contribution in [2.24, 2.45) is 0 Å². The third-order valence-electron chi connectivity index (χ3n) is 9.23. The van der Waals surface area contributed by atoms with Crippen LogP contribution in [0.4, 0.5) is 0 Å². The molecular weight excluding hydrogens is 536 g/mol. The molecule has 2 heterocycles. The quantitative estimate of drug-likeness (QED) is 0.197. The first-order valence-electron chi connectivity index (χ1n) is 15.0. The van der Waals surface area contributed by atoms with E-state index in [2.05, 4.69) is 133 Å². The van der Waals surface area contributed by atoms with Crippen LogP contribution in [-0.4, -0.2) is 0 Å². The van der Waals surface area contributed by atoms with Crippen LogP contribution in [0.3, 0.4) is 0 Å². The van der Waals surface area contributed by atoms with E-state index in [1.165, 1.54) is 38.2 Å². The first-order valence-corrected chi connectivity index (χ1v) is 15.0. The zero-order valence-electron chi connectivity index (χ0n) is 23.7. The monoisotopic (exact) mass is 560 g/mol. The smallest absolute Gasteiger partial charge is 0.144 e. The lowest BCUT2D eigenvalue weighted by molar-refractivity contribution is 0.668. The Balaban J connectivity index is 1.33. The van der Waals surface area contributed by atoms with Crippen molar-refractivity contribution < 1.29 is 8.83 Å². The topological polar surface area (TPSA) is 26.3 Å². The van der Waals surface area contributed by atoms with Crippen LogP contribution in [0.2, 0.25) is 0 Å². The third kappa shape index (κ3) is 3.14. The Morgan fingerprint density at radius 1 is 0.295 bits per heavy atom. The summed E-state index contributed by atoms with van der Waals surface area (Å²) in [5, 5.41) is 11.5. The Morgan fingerprint density at radius 2 is 0.727 bits per heavy atom. The second-order valence-electron chi connectivity index (χ2n) is 11.6. The molecule has 44 heavy (non-hydrogen) atoms. The van der Waals surface area contributed by atoms with E-state index in [1.54, 1.807) is 0 Å². The average Bonchev–Trinajstić information content (AvgIpc) is 3.66. The molecule has 0 bridgehead atoms. The number of benzene rings is 8. The van der Waals surface area contributed by atoms with Crippen LogP contribution in [0.5, 0.6) is 0 Å². The molecule has 0 saturated heterocycles. The van der Waals surface area contributed by atoms with Crippen LogP contribution in [-0.2, 0) is 0 Å². The summed E-state index contributed by atoms with van der Waals surface area (Å²) in [6.45, 7) is 0. The summed E-state index contributed by atoms with van der Waals surface area (Å²) in [5.41, 5.74) is 8.44. The van der Waals surface area contributed by atoms with Gasteiger partial charge in [-0.1, -0.05) is 127 Å². The Morgan fingerprint density at radius 3 is 1.32 bits per heavy atom. The highest BCUT2D eigenvalue weighted by atomic mass is 16.3. The summed E-state index contributed by atoms with van der Waals surface area (Å²) < 4.78 is 13.3. The molecule has 2 nitrogen and oxygen atoms in total. The molecule has 10 rings (SSSR count). The number of fused-ring (bicyclic) bond motifs is 12. The number of para-hydroxylation sites is 1. The predicted octanol–water partition coefficient (Wildman–Crippen LogP) is 12.3. The van der Waals surface area contributed by atoms with Crippen LogP contribution in [0.15, 0.2) is 154 Å². The predicted molar refractivity (Wildman–Crippen MR) is 184 cm³/mol. The largest absolute Gasteiger partial charge is 0.455 e. The first-order chi connectivity index (χ1) is 21.8. The summed E-state index contributed by atoms with van der Waals surface area (Å²) in [4.78, 5) is 0. The lowest BCUT2D eigenvalue weighted by Gasteiger charge is -2.17. The van der Waals surface area contributed by atoms with E-state index < -0.39 is 0 Å². The molecular formula is C42H24O2. The Labute approximate surface area is 252 Å². The van der Waals surface area contributed by atoms with Crippen molar-refractivity contribution >= 4 is 76.2 Å². The molecule has 0 aliphatic carbocycles. The number of rotatable bonds is 2. The molecule has 2 aromatic heterocycles. The van der Waals surface area contributed by atoms with E-state index in [4.69, 9.17) is 8.83 Å². The number of hydrogen-bond donors (Lipinski definition) is 0. The normalized spacial score (nSPS) is 12.1. The van der Waals surface area contributed by atoms with E-state index in [9.17, 15) is 0 Å². The van der Waals surface area contributed by atoms with Gasteiger partial charge in [0.1, 0.15) is 22.3 Å². The van der Waals surface area contributed by atoms with E-state index >= 15 is 0 Å². The van der Waals surface area contributed by atoms with Crippen molar-refractivity contribution in [2.75, 3.05) is 0 Å². The van der Waals surface area contributed by atoms with Gasteiger partial charge in [-0.25, -0.2) is 0 Å². The lowest BCUT2D eigenvalue weighted by Crippen LogP contribution is -1.90. The molecule has 0 N–H and O–H groups in total. The minimum Gasteiger partial charge on any atom is -0.455 e. The fourth-order valence-corrected chi connectivity index (χ4v) is 7.41. The molecule has 2 heteroatoms. The van der Waals surface area contributed by atoms with Gasteiger partial charge in [0.15, 0.2) is 0 Å². The van der Waals surface area contributed by atoms with Crippen LogP contribution in [0, 0.1) is 0 Å². The van der Waals surface area contributed by atoms with Gasteiger partial charge < -0.3 is 8.83 Å². The van der Waals surface area contributed by atoms with Crippen LogP contribution < -0.4 is 0 Å². The second kappa shape index (κ2) is 8.82. The van der Waals surface area contributed by atoms with Gasteiger partial charge in [-0.15, -0.1) is 0 Å². The molecule has 0 aliphatic heterocycles. The van der Waals surface area contributed by atoms with Crippen molar-refractivity contribution in [1.29, 1.82) is 0 Å². The van der Waals surface area contributed by atoms with E-state index in [0.717, 1.165) is 60.2 Å². The minimum atomic E-state index is 0.876. The minimum absolute atomic E-state index is 0.876. The van der Waals surface area contributed by atoms with Crippen molar-refractivity contribution in [3.8, 4) is 22.3 Å². The van der Waals surface area contributed by atoms with Crippen LogP contribution in [0.25, 0.3) is 98.4 Å². The van der Waals surface area contributed by atoms with Gasteiger partial charge in [-0.2, -0.15) is 0 Å². The molecule has 0 amide bonds. The molecule has 0 fully saturated rings. The fourth-order valence-electron chi connectivity index (χ4n) is 7.41. The Bertz CT molecular complexity index is 2700. The number of hydrogen-bond acceptors (Lipinski definition) is 2. The van der Waals surface area contributed by atoms with Gasteiger partial charge in [0.05, 0.1) is 0 Å². The molecule has 0 atom stereocenters. The zero-order chi connectivity index (χ0) is 28.8. The molecule has 0 spiro atoms. The maximum Gasteiger partial charge on any atom is 0.144 e. The first kappa shape index (κ1) is 23.7. The van der Waals surface area contributed by atoms with Gasteiger partial charge >= 0.3 is 0 Å². The second-order valence-corrected chi connectivity index (χ2v) is 11.6. The highest BCUT2D eigenvalue weighted by molar-refractivity contribution is 6.34. The third-order valence-corrected chi connectivity index (χ3v) is 9.23. The van der Waals surface area contributed by atoms with E-state index in [1.807, 2.05) is 12.1 Å². The van der Waals surface area contributed by atoms with Crippen molar-refractivity contribution in [3.05, 3.63) is 146 Å². The van der Waals surface area contributed by atoms with E-state index in [-0.39, 0.29) is 0 Å². The summed E-state index contributed by atoms with van der Waals surface area (Å²) in [6, 6.07) is 51.7. The molecule has 0 aliphatic rings. The van der Waals surface area contributed by atoms with E-state index in [0.29, 0.717) is 0 Å². The standard InChI is InChI=1S/C42H24O2/c1-2-12-25(13-3-1)37-27-14-4-6-16-29(27)38(30-17-7-5-15-28(30)37)26-22-23-34-36(24-26)44-42-32-19-9-8-18-31(32)41-39(40(34)42)33-20-10-11-21-35(33)43-41/h1-24H. The highest BCUT2D eigenvalue weighted by Gasteiger charge is 2.22. The molecule has 204 valence electrons. The average molecular weight is 561 g/mol. The van der Waals surface area contributed by atoms with Crippen molar-refractivity contribution in [3.63, 3.8) is 0 Å². The van der Waals surface area contributed by atoms with Crippen LogP contribution in [0.1, 0.15) is 0 Å². The maximum atomic E-state index is 6.83. The molecule has 0 saturated carbocycles. The summed E-state index contributed by atoms with van der Waals surface area (Å²) >= 11 is 0. The maximum absolute atomic E-state index is 6.83. The highest BCUT2D eigenvalue weighted by Crippen LogP contribution is 2.47. The molecule has 8 aromatic carbocycles. The summed E-state index contributed by atoms with van der Waals surface area (Å²) in [5.74, 6) is 0. The Hall–Kier alpha value is -5.86. The molecule has 10 aromatic rings. The van der Waals surface area contributed by atoms with Gasteiger partial charge in [-0.05, 0) is 62.0 Å². The Kier molecular flexibility index (Phi) is 4.75. The molecule has 0 unspecified atom stereocenters. The zero-order valence-corrected chi connectivity index (χ0v) is 23.7. The SMILES string of the molecule is c1ccc(-c2c3ccccc3c(-c3ccc4c(c3)oc3c5ccccc5c5oc6ccccc6c5c43)c3ccccc23)cc1. The molecule has 0 radical (unpaired) electrons. The summed E-state index contributed by atoms with van der Waals surface area (Å²) in [6.07, 6.45) is 0.